The van der Waals surface area contributed by atoms with Gasteiger partial charge in [-0.15, -0.1) is 0 Å². The second-order valence-corrected chi connectivity index (χ2v) is 6.22. The average Bonchev–Trinajstić information content (AvgIpc) is 2.01. The number of hydrogen-bond donors (Lipinski definition) is 0. The van der Waals surface area contributed by atoms with Crippen molar-refractivity contribution in [3.8, 4) is 0 Å². The molecule has 0 unspecified atom stereocenters. The predicted molar refractivity (Wildman–Crippen MR) is 71.6 cm³/mol. The molecular weight excluding hydrogens is 283 g/mol. The lowest BCUT2D eigenvalue weighted by Gasteiger charge is -2.21. The molecule has 1 heteroatoms. The van der Waals surface area contributed by atoms with Crippen LogP contribution in [-0.2, 0) is 5.41 Å². The first kappa shape index (κ1) is 12.0. The van der Waals surface area contributed by atoms with E-state index in [1.54, 1.807) is 0 Å². The monoisotopic (exact) mass is 301 g/mol. The smallest absolute Gasteiger partial charge is 0.0136 e. The number of benzene rings is 1. The van der Waals surface area contributed by atoms with Gasteiger partial charge in [-0.1, -0.05) is 40.7 Å². The summed E-state index contributed by atoms with van der Waals surface area (Å²) in [5.41, 5.74) is 3.02. The lowest BCUT2D eigenvalue weighted by Crippen LogP contribution is -2.12. The lowest BCUT2D eigenvalue weighted by molar-refractivity contribution is 0.589. The highest BCUT2D eigenvalue weighted by Crippen LogP contribution is 2.27. The van der Waals surface area contributed by atoms with Crippen molar-refractivity contribution in [3.05, 3.63) is 38.8 Å². The van der Waals surface area contributed by atoms with Crippen LogP contribution in [-0.4, -0.2) is 0 Å². The van der Waals surface area contributed by atoms with Crippen molar-refractivity contribution in [3.63, 3.8) is 0 Å². The molecule has 0 fully saturated rings. The van der Waals surface area contributed by atoms with E-state index in [-0.39, 0.29) is 5.41 Å². The van der Waals surface area contributed by atoms with Crippen molar-refractivity contribution in [1.29, 1.82) is 0 Å². The second kappa shape index (κ2) is 4.21. The van der Waals surface area contributed by atoms with Crippen LogP contribution in [0.5, 0.6) is 0 Å². The largest absolute Gasteiger partial charge is 0.0561 e. The van der Waals surface area contributed by atoms with E-state index in [0.717, 1.165) is 0 Å². The summed E-state index contributed by atoms with van der Waals surface area (Å²) < 4.78 is 1.33. The molecule has 0 nitrogen and oxygen atoms in total. The summed E-state index contributed by atoms with van der Waals surface area (Å²) in [5, 5.41) is 0. The van der Waals surface area contributed by atoms with Crippen LogP contribution in [0.2, 0.25) is 0 Å². The van der Waals surface area contributed by atoms with Crippen molar-refractivity contribution in [2.24, 2.45) is 0 Å². The zero-order chi connectivity index (χ0) is 10.9. The molecule has 0 atom stereocenters. The third kappa shape index (κ3) is 2.97. The van der Waals surface area contributed by atoms with Gasteiger partial charge in [0.2, 0.25) is 0 Å². The molecule has 0 saturated heterocycles. The third-order valence-corrected chi connectivity index (χ3v) is 2.96. The van der Waals surface area contributed by atoms with Crippen LogP contribution in [0.25, 0.3) is 0 Å². The van der Waals surface area contributed by atoms with E-state index in [4.69, 9.17) is 0 Å². The van der Waals surface area contributed by atoms with Gasteiger partial charge in [0.1, 0.15) is 0 Å². The molecule has 0 bridgehead atoms. The molecule has 0 saturated carbocycles. The first-order chi connectivity index (χ1) is 6.30. The maximum absolute atomic E-state index is 2.39. The molecule has 0 aromatic heterocycles. The predicted octanol–water partition coefficient (Wildman–Crippen LogP) is 4.55. The normalized spacial score (nSPS) is 12.2. The van der Waals surface area contributed by atoms with Gasteiger partial charge in [-0.3, -0.25) is 0 Å². The fourth-order valence-corrected chi connectivity index (χ4v) is 1.98. The Balaban J connectivity index is 3.21. The van der Waals surface area contributed by atoms with Crippen LogP contribution in [0.3, 0.4) is 0 Å². The molecule has 0 N–H and O–H groups in total. The zero-order valence-corrected chi connectivity index (χ0v) is 11.8. The molecule has 1 aromatic carbocycles. The van der Waals surface area contributed by atoms with Gasteiger partial charge >= 0.3 is 0 Å². The summed E-state index contributed by atoms with van der Waals surface area (Å²) in [7, 11) is 0. The van der Waals surface area contributed by atoms with Crippen LogP contribution in [0.4, 0.5) is 0 Å². The molecule has 0 aliphatic rings. The zero-order valence-electron chi connectivity index (χ0n) is 9.61. The SMILES string of the molecule is C[C](C)c1cc(I)cc(C(C)(C)C)c1. The minimum Gasteiger partial charge on any atom is -0.0561 e. The van der Waals surface area contributed by atoms with E-state index in [2.05, 4.69) is 75.4 Å². The highest BCUT2D eigenvalue weighted by Gasteiger charge is 2.15. The summed E-state index contributed by atoms with van der Waals surface area (Å²) in [5.74, 6) is 1.38. The van der Waals surface area contributed by atoms with E-state index in [9.17, 15) is 0 Å². The third-order valence-electron chi connectivity index (χ3n) is 2.34. The number of halogens is 1. The van der Waals surface area contributed by atoms with E-state index >= 15 is 0 Å². The van der Waals surface area contributed by atoms with Gasteiger partial charge in [-0.25, -0.2) is 0 Å². The average molecular weight is 301 g/mol. The first-order valence-electron chi connectivity index (χ1n) is 4.92. The molecule has 1 rings (SSSR count). The Morgan fingerprint density at radius 1 is 1.07 bits per heavy atom. The van der Waals surface area contributed by atoms with E-state index in [0.29, 0.717) is 0 Å². The fraction of sp³-hybridized carbons (Fsp3) is 0.462. The summed E-state index contributed by atoms with van der Waals surface area (Å²) in [6, 6.07) is 6.82. The Kier molecular flexibility index (Phi) is 3.62. The number of rotatable bonds is 1. The second-order valence-electron chi connectivity index (χ2n) is 4.98. The van der Waals surface area contributed by atoms with Gasteiger partial charge in [0.05, 0.1) is 0 Å². The summed E-state index contributed by atoms with van der Waals surface area (Å²) in [4.78, 5) is 0. The van der Waals surface area contributed by atoms with Gasteiger partial charge in [0.15, 0.2) is 0 Å². The Morgan fingerprint density at radius 3 is 2.07 bits per heavy atom. The van der Waals surface area contributed by atoms with Crippen molar-refractivity contribution in [1.82, 2.24) is 0 Å². The first-order valence-corrected chi connectivity index (χ1v) is 6.00. The summed E-state index contributed by atoms with van der Waals surface area (Å²) in [6.07, 6.45) is 0. The van der Waals surface area contributed by atoms with Crippen LogP contribution in [0.1, 0.15) is 45.7 Å². The lowest BCUT2D eigenvalue weighted by atomic mass is 9.85. The summed E-state index contributed by atoms with van der Waals surface area (Å²) in [6.45, 7) is 11.1. The number of hydrogen-bond acceptors (Lipinski definition) is 0. The molecule has 77 valence electrons. The standard InChI is InChI=1S/C13H18I/c1-9(2)10-6-11(13(3,4)5)8-12(14)7-10/h6-8H,1-5H3. The molecule has 0 aliphatic heterocycles. The maximum Gasteiger partial charge on any atom is 0.0136 e. The molecule has 1 radical (unpaired) electrons. The van der Waals surface area contributed by atoms with Crippen LogP contribution < -0.4 is 0 Å². The fourth-order valence-electron chi connectivity index (χ4n) is 1.31. The highest BCUT2D eigenvalue weighted by atomic mass is 127. The van der Waals surface area contributed by atoms with Gasteiger partial charge in [-0.2, -0.15) is 0 Å². The van der Waals surface area contributed by atoms with Gasteiger partial charge in [-0.05, 0) is 57.2 Å². The van der Waals surface area contributed by atoms with Crippen LogP contribution in [0.15, 0.2) is 18.2 Å². The molecule has 14 heavy (non-hydrogen) atoms. The van der Waals surface area contributed by atoms with Gasteiger partial charge in [0, 0.05) is 3.57 Å². The quantitative estimate of drug-likeness (QED) is 0.668. The molecule has 0 amide bonds. The van der Waals surface area contributed by atoms with E-state index in [1.165, 1.54) is 20.6 Å². The minimum absolute atomic E-state index is 0.241. The van der Waals surface area contributed by atoms with Crippen molar-refractivity contribution in [2.75, 3.05) is 0 Å². The topological polar surface area (TPSA) is 0 Å². The van der Waals surface area contributed by atoms with Gasteiger partial charge < -0.3 is 0 Å². The highest BCUT2D eigenvalue weighted by molar-refractivity contribution is 14.1. The minimum atomic E-state index is 0.241. The molecule has 0 spiro atoms. The molecule has 1 aromatic rings. The molecule has 0 heterocycles. The summed E-state index contributed by atoms with van der Waals surface area (Å²) >= 11 is 2.39. The van der Waals surface area contributed by atoms with Crippen LogP contribution >= 0.6 is 22.6 Å². The van der Waals surface area contributed by atoms with Crippen molar-refractivity contribution >= 4 is 22.6 Å². The van der Waals surface area contributed by atoms with Crippen LogP contribution in [0, 0.1) is 9.49 Å². The van der Waals surface area contributed by atoms with E-state index < -0.39 is 0 Å². The van der Waals surface area contributed by atoms with Crippen molar-refractivity contribution in [2.45, 2.75) is 40.0 Å². The van der Waals surface area contributed by atoms with Crippen molar-refractivity contribution < 1.29 is 0 Å². The molecular formula is C13H18I. The molecule has 0 aliphatic carbocycles. The Morgan fingerprint density at radius 2 is 1.64 bits per heavy atom. The Bertz CT molecular complexity index is 318. The Hall–Kier alpha value is -0.0500. The maximum atomic E-state index is 2.39. The Labute approximate surface area is 101 Å². The van der Waals surface area contributed by atoms with Gasteiger partial charge in [0.25, 0.3) is 0 Å². The van der Waals surface area contributed by atoms with E-state index in [1.807, 2.05) is 0 Å².